The normalized spacial score (nSPS) is 16.3. The van der Waals surface area contributed by atoms with Crippen molar-refractivity contribution in [1.29, 1.82) is 0 Å². The Bertz CT molecular complexity index is 763. The number of halogens is 3. The predicted octanol–water partition coefficient (Wildman–Crippen LogP) is 3.19. The number of nitrogens with one attached hydrogen (secondary N) is 2. The fraction of sp³-hybridized carbons (Fsp3) is 0.316. The molecule has 2 atom stereocenters. The summed E-state index contributed by atoms with van der Waals surface area (Å²) in [7, 11) is 0. The standard InChI is InChI=1S/C19H19ClF2N2O/c1-12(19(25)23-18-9-6-15(22)10-17(18)20)24(16-7-8-16)11-13-2-4-14(21)5-3-13/h2-6,9-10,12,16H,7-8,11H2,1H3,(H,23,25)/p+1/t12-/m1/s1. The molecule has 3 nitrogen and oxygen atoms in total. The topological polar surface area (TPSA) is 33.5 Å². The number of hydrogen-bond acceptors (Lipinski definition) is 1. The van der Waals surface area contributed by atoms with Crippen molar-refractivity contribution in [2.24, 2.45) is 0 Å². The van der Waals surface area contributed by atoms with Gasteiger partial charge in [0.05, 0.1) is 16.8 Å². The van der Waals surface area contributed by atoms with Crippen LogP contribution in [0.15, 0.2) is 42.5 Å². The summed E-state index contributed by atoms with van der Waals surface area (Å²) in [6.45, 7) is 2.51. The molecule has 0 aromatic heterocycles. The highest BCUT2D eigenvalue weighted by atomic mass is 35.5. The Labute approximate surface area is 150 Å². The van der Waals surface area contributed by atoms with Crippen LogP contribution in [0.25, 0.3) is 0 Å². The summed E-state index contributed by atoms with van der Waals surface area (Å²) in [6.07, 6.45) is 2.15. The first-order chi connectivity index (χ1) is 11.9. The molecule has 132 valence electrons. The van der Waals surface area contributed by atoms with Crippen molar-refractivity contribution in [2.75, 3.05) is 5.32 Å². The second-order valence-corrected chi connectivity index (χ2v) is 6.89. The molecule has 0 heterocycles. The fourth-order valence-electron chi connectivity index (χ4n) is 2.94. The van der Waals surface area contributed by atoms with E-state index in [0.29, 0.717) is 18.3 Å². The number of quaternary nitrogens is 1. The van der Waals surface area contributed by atoms with Gasteiger partial charge in [-0.3, -0.25) is 4.79 Å². The van der Waals surface area contributed by atoms with Crippen LogP contribution < -0.4 is 10.2 Å². The minimum atomic E-state index is -0.447. The Morgan fingerprint density at radius 1 is 1.20 bits per heavy atom. The fourth-order valence-corrected chi connectivity index (χ4v) is 3.16. The van der Waals surface area contributed by atoms with Crippen LogP contribution in [0.1, 0.15) is 25.3 Å². The number of rotatable bonds is 6. The molecule has 1 aliphatic rings. The van der Waals surface area contributed by atoms with Crippen LogP contribution in [-0.2, 0) is 11.3 Å². The number of carbonyl (C=O) groups is 1. The summed E-state index contributed by atoms with van der Waals surface area (Å²) >= 11 is 5.98. The average Bonchev–Trinajstić information content (AvgIpc) is 3.41. The highest BCUT2D eigenvalue weighted by Crippen LogP contribution is 2.22. The van der Waals surface area contributed by atoms with Crippen LogP contribution in [0, 0.1) is 11.6 Å². The van der Waals surface area contributed by atoms with Gasteiger partial charge in [-0.2, -0.15) is 0 Å². The molecular formula is C19H20ClF2N2O+. The van der Waals surface area contributed by atoms with Crippen molar-refractivity contribution < 1.29 is 18.5 Å². The van der Waals surface area contributed by atoms with E-state index in [1.165, 1.54) is 30.3 Å². The molecule has 25 heavy (non-hydrogen) atoms. The second-order valence-electron chi connectivity index (χ2n) is 6.49. The zero-order valence-corrected chi connectivity index (χ0v) is 14.6. The average molecular weight is 366 g/mol. The van der Waals surface area contributed by atoms with Crippen LogP contribution in [0.4, 0.5) is 14.5 Å². The molecule has 1 aliphatic carbocycles. The maximum absolute atomic E-state index is 13.1. The molecule has 1 saturated carbocycles. The summed E-state index contributed by atoms with van der Waals surface area (Å²) in [4.78, 5) is 13.8. The third-order valence-electron chi connectivity index (χ3n) is 4.56. The molecule has 0 spiro atoms. The minimum Gasteiger partial charge on any atom is -0.320 e. The smallest absolute Gasteiger partial charge is 0.282 e. The van der Waals surface area contributed by atoms with Crippen LogP contribution in [0.5, 0.6) is 0 Å². The van der Waals surface area contributed by atoms with Crippen LogP contribution in [-0.4, -0.2) is 18.0 Å². The lowest BCUT2D eigenvalue weighted by Gasteiger charge is -2.25. The summed E-state index contributed by atoms with van der Waals surface area (Å²) in [5, 5.41) is 2.95. The Hall–Kier alpha value is -1.98. The molecule has 2 N–H and O–H groups in total. The van der Waals surface area contributed by atoms with E-state index in [2.05, 4.69) is 5.32 Å². The van der Waals surface area contributed by atoms with Crippen molar-refractivity contribution in [3.05, 3.63) is 64.7 Å². The Morgan fingerprint density at radius 2 is 1.84 bits per heavy atom. The van der Waals surface area contributed by atoms with Gasteiger partial charge in [0, 0.05) is 18.4 Å². The molecule has 3 rings (SSSR count). The second kappa shape index (κ2) is 7.50. The van der Waals surface area contributed by atoms with Crippen molar-refractivity contribution in [3.8, 4) is 0 Å². The van der Waals surface area contributed by atoms with E-state index in [1.54, 1.807) is 12.1 Å². The van der Waals surface area contributed by atoms with Crippen LogP contribution in [0.3, 0.4) is 0 Å². The molecule has 0 bridgehead atoms. The molecule has 2 aromatic rings. The van der Waals surface area contributed by atoms with Gasteiger partial charge >= 0.3 is 0 Å². The molecule has 1 unspecified atom stereocenters. The SMILES string of the molecule is C[C@H](C(=O)Nc1ccc(F)cc1Cl)[NH+](Cc1ccc(F)cc1)C1CC1. The van der Waals surface area contributed by atoms with Crippen LogP contribution in [0.2, 0.25) is 5.02 Å². The largest absolute Gasteiger partial charge is 0.320 e. The Morgan fingerprint density at radius 3 is 2.44 bits per heavy atom. The minimum absolute atomic E-state index is 0.169. The van der Waals surface area contributed by atoms with E-state index < -0.39 is 5.82 Å². The highest BCUT2D eigenvalue weighted by Gasteiger charge is 2.39. The Kier molecular flexibility index (Phi) is 5.35. The lowest BCUT2D eigenvalue weighted by Crippen LogP contribution is -3.16. The van der Waals surface area contributed by atoms with Crippen LogP contribution >= 0.6 is 11.6 Å². The number of amides is 1. The van der Waals surface area contributed by atoms with E-state index in [0.717, 1.165) is 23.3 Å². The summed E-state index contributed by atoms with van der Waals surface area (Å²) in [6, 6.07) is 10.4. The van der Waals surface area contributed by atoms with Gasteiger partial charge in [0.25, 0.3) is 5.91 Å². The summed E-state index contributed by atoms with van der Waals surface area (Å²) in [5.41, 5.74) is 1.39. The molecule has 1 amide bonds. The van der Waals surface area contributed by atoms with Gasteiger partial charge < -0.3 is 10.2 Å². The van der Waals surface area contributed by atoms with E-state index >= 15 is 0 Å². The van der Waals surface area contributed by atoms with E-state index in [1.807, 2.05) is 6.92 Å². The van der Waals surface area contributed by atoms with Crippen molar-refractivity contribution in [3.63, 3.8) is 0 Å². The molecule has 0 saturated heterocycles. The van der Waals surface area contributed by atoms with Crippen molar-refractivity contribution >= 4 is 23.2 Å². The molecule has 0 radical (unpaired) electrons. The van der Waals surface area contributed by atoms with Gasteiger partial charge in [-0.1, -0.05) is 23.7 Å². The number of anilines is 1. The first-order valence-corrected chi connectivity index (χ1v) is 8.68. The van der Waals surface area contributed by atoms with Gasteiger partial charge in [0.1, 0.15) is 18.2 Å². The molecule has 6 heteroatoms. The first-order valence-electron chi connectivity index (χ1n) is 8.30. The van der Waals surface area contributed by atoms with Crippen molar-refractivity contribution in [1.82, 2.24) is 0 Å². The monoisotopic (exact) mass is 365 g/mol. The third kappa shape index (κ3) is 4.55. The lowest BCUT2D eigenvalue weighted by atomic mass is 10.1. The predicted molar refractivity (Wildman–Crippen MR) is 93.6 cm³/mol. The zero-order valence-electron chi connectivity index (χ0n) is 13.9. The van der Waals surface area contributed by atoms with E-state index in [9.17, 15) is 13.6 Å². The molecule has 2 aromatic carbocycles. The van der Waals surface area contributed by atoms with Gasteiger partial charge in [-0.05, 0) is 37.3 Å². The van der Waals surface area contributed by atoms with Gasteiger partial charge in [-0.15, -0.1) is 0 Å². The van der Waals surface area contributed by atoms with Crippen molar-refractivity contribution in [2.45, 2.75) is 38.4 Å². The molecular weight excluding hydrogens is 346 g/mol. The Balaban J connectivity index is 1.70. The molecule has 0 aliphatic heterocycles. The highest BCUT2D eigenvalue weighted by molar-refractivity contribution is 6.33. The van der Waals surface area contributed by atoms with E-state index in [-0.39, 0.29) is 22.8 Å². The number of carbonyl (C=O) groups excluding carboxylic acids is 1. The maximum Gasteiger partial charge on any atom is 0.282 e. The van der Waals surface area contributed by atoms with Gasteiger partial charge in [0.2, 0.25) is 0 Å². The third-order valence-corrected chi connectivity index (χ3v) is 4.87. The maximum atomic E-state index is 13.1. The lowest BCUT2D eigenvalue weighted by molar-refractivity contribution is -0.938. The summed E-state index contributed by atoms with van der Waals surface area (Å²) < 4.78 is 26.2. The van der Waals surface area contributed by atoms with Gasteiger partial charge in [-0.25, -0.2) is 8.78 Å². The quantitative estimate of drug-likeness (QED) is 0.810. The first kappa shape index (κ1) is 17.8. The number of benzene rings is 2. The molecule has 1 fully saturated rings. The number of hydrogen-bond donors (Lipinski definition) is 2. The zero-order chi connectivity index (χ0) is 18.0. The summed E-state index contributed by atoms with van der Waals surface area (Å²) in [5.74, 6) is -0.886. The van der Waals surface area contributed by atoms with E-state index in [4.69, 9.17) is 11.6 Å². The van der Waals surface area contributed by atoms with Gasteiger partial charge in [0.15, 0.2) is 6.04 Å².